The molecule has 0 saturated carbocycles. The Morgan fingerprint density at radius 2 is 2.04 bits per heavy atom. The summed E-state index contributed by atoms with van der Waals surface area (Å²) in [5.74, 6) is 0. The molecule has 23 heavy (non-hydrogen) atoms. The molecule has 2 unspecified atom stereocenters. The number of carbonyl (C=O) groups excluding carboxylic acids is 1. The predicted molar refractivity (Wildman–Crippen MR) is 95.2 cm³/mol. The van der Waals surface area contributed by atoms with Gasteiger partial charge >= 0.3 is 6.03 Å². The van der Waals surface area contributed by atoms with Gasteiger partial charge in [-0.05, 0) is 37.5 Å². The maximum atomic E-state index is 12.9. The number of amides is 2. The zero-order chi connectivity index (χ0) is 16.8. The van der Waals surface area contributed by atoms with Gasteiger partial charge in [-0.3, -0.25) is 4.90 Å². The van der Waals surface area contributed by atoms with Gasteiger partial charge in [0.15, 0.2) is 0 Å². The van der Waals surface area contributed by atoms with Crippen molar-refractivity contribution in [3.63, 3.8) is 0 Å². The van der Waals surface area contributed by atoms with E-state index in [1.165, 1.54) is 0 Å². The zero-order valence-corrected chi connectivity index (χ0v) is 15.2. The van der Waals surface area contributed by atoms with Gasteiger partial charge in [0.05, 0.1) is 0 Å². The van der Waals surface area contributed by atoms with E-state index in [1.807, 2.05) is 34.1 Å². The van der Waals surface area contributed by atoms with Crippen LogP contribution in [0, 0.1) is 5.41 Å². The van der Waals surface area contributed by atoms with Gasteiger partial charge in [-0.25, -0.2) is 4.79 Å². The second-order valence-electron chi connectivity index (χ2n) is 7.81. The van der Waals surface area contributed by atoms with Crippen molar-refractivity contribution in [1.82, 2.24) is 9.80 Å². The first-order valence-electron chi connectivity index (χ1n) is 8.34. The van der Waals surface area contributed by atoms with Crippen LogP contribution in [0.3, 0.4) is 0 Å². The Morgan fingerprint density at radius 3 is 2.65 bits per heavy atom. The smallest absolute Gasteiger partial charge is 0.316 e. The quantitative estimate of drug-likeness (QED) is 0.838. The number of rotatable bonds is 4. The minimum Gasteiger partial charge on any atom is -0.316 e. The summed E-state index contributed by atoms with van der Waals surface area (Å²) in [4.78, 5) is 19.2. The average molecular weight is 336 g/mol. The highest BCUT2D eigenvalue weighted by atomic mass is 35.5. The number of urea groups is 1. The molecule has 126 valence electrons. The van der Waals surface area contributed by atoms with E-state index >= 15 is 0 Å². The van der Waals surface area contributed by atoms with E-state index < -0.39 is 0 Å². The number of likely N-dealkylation sites (tertiary alicyclic amines) is 1. The van der Waals surface area contributed by atoms with Crippen LogP contribution in [0.25, 0.3) is 0 Å². The number of hydrogen-bond acceptors (Lipinski definition) is 2. The second-order valence-corrected chi connectivity index (χ2v) is 8.25. The monoisotopic (exact) mass is 335 g/mol. The summed E-state index contributed by atoms with van der Waals surface area (Å²) >= 11 is 6.07. The molecule has 0 radical (unpaired) electrons. The highest BCUT2D eigenvalue weighted by Gasteiger charge is 2.41. The van der Waals surface area contributed by atoms with E-state index in [0.717, 1.165) is 31.9 Å². The topological polar surface area (TPSA) is 26.8 Å². The van der Waals surface area contributed by atoms with Gasteiger partial charge in [-0.1, -0.05) is 31.5 Å². The van der Waals surface area contributed by atoms with E-state index in [2.05, 4.69) is 32.6 Å². The molecule has 2 aliphatic rings. The molecular weight excluding hydrogens is 310 g/mol. The van der Waals surface area contributed by atoms with Gasteiger partial charge in [0.1, 0.15) is 0 Å². The first kappa shape index (κ1) is 16.6. The molecule has 1 aromatic carbocycles. The normalized spacial score (nSPS) is 25.6. The van der Waals surface area contributed by atoms with Crippen LogP contribution in [0.4, 0.5) is 10.5 Å². The lowest BCUT2D eigenvalue weighted by atomic mass is 9.84. The molecule has 0 spiro atoms. The molecular formula is C18H26ClN3O. The number of anilines is 1. The number of hydrogen-bond donors (Lipinski definition) is 0. The molecule has 2 fully saturated rings. The molecule has 2 saturated heterocycles. The molecule has 2 aliphatic heterocycles. The first-order chi connectivity index (χ1) is 10.8. The van der Waals surface area contributed by atoms with Crippen molar-refractivity contribution in [2.45, 2.75) is 39.8 Å². The molecule has 0 N–H and O–H groups in total. The van der Waals surface area contributed by atoms with Gasteiger partial charge in [0.2, 0.25) is 0 Å². The van der Waals surface area contributed by atoms with E-state index in [9.17, 15) is 4.79 Å². The minimum absolute atomic E-state index is 0.0899. The predicted octanol–water partition coefficient (Wildman–Crippen LogP) is 3.70. The van der Waals surface area contributed by atoms with Gasteiger partial charge in [0, 0.05) is 49.0 Å². The molecule has 0 aromatic heterocycles. The van der Waals surface area contributed by atoms with Crippen LogP contribution in [0.5, 0.6) is 0 Å². The molecule has 2 atom stereocenters. The molecule has 0 bridgehead atoms. The Kier molecular flexibility index (Phi) is 4.32. The summed E-state index contributed by atoms with van der Waals surface area (Å²) in [6.07, 6.45) is 0. The van der Waals surface area contributed by atoms with Crippen molar-refractivity contribution >= 4 is 23.3 Å². The molecule has 4 nitrogen and oxygen atoms in total. The van der Waals surface area contributed by atoms with Crippen LogP contribution in [-0.2, 0) is 0 Å². The zero-order valence-electron chi connectivity index (χ0n) is 14.4. The molecule has 1 aromatic rings. The standard InChI is InChI=1S/C18H26ClN3O/c1-13(9-20-11-18(3,4)12-20)22-14(2)10-21(17(22)23)16-7-5-6-15(19)8-16/h5-8,13-14H,9-12H2,1-4H3. The van der Waals surface area contributed by atoms with Crippen LogP contribution in [-0.4, -0.2) is 54.1 Å². The van der Waals surface area contributed by atoms with Gasteiger partial charge in [-0.2, -0.15) is 0 Å². The van der Waals surface area contributed by atoms with Gasteiger partial charge < -0.3 is 9.80 Å². The van der Waals surface area contributed by atoms with Gasteiger partial charge in [0.25, 0.3) is 0 Å². The van der Waals surface area contributed by atoms with E-state index in [1.54, 1.807) is 0 Å². The second kappa shape index (κ2) is 5.99. The summed E-state index contributed by atoms with van der Waals surface area (Å²) < 4.78 is 0. The van der Waals surface area contributed by atoms with Crippen LogP contribution in [0.1, 0.15) is 27.7 Å². The number of benzene rings is 1. The Labute approximate surface area is 144 Å². The minimum atomic E-state index is 0.0899. The van der Waals surface area contributed by atoms with Crippen molar-refractivity contribution in [2.75, 3.05) is 31.1 Å². The third-order valence-corrected chi connectivity index (χ3v) is 5.03. The summed E-state index contributed by atoms with van der Waals surface area (Å²) in [5, 5.41) is 0.664. The summed E-state index contributed by atoms with van der Waals surface area (Å²) in [7, 11) is 0. The number of halogens is 1. The Hall–Kier alpha value is -1.26. The van der Waals surface area contributed by atoms with Gasteiger partial charge in [-0.15, -0.1) is 0 Å². The molecule has 0 aliphatic carbocycles. The average Bonchev–Trinajstić information content (AvgIpc) is 2.72. The number of carbonyl (C=O) groups is 1. The fourth-order valence-electron chi connectivity index (χ4n) is 4.00. The first-order valence-corrected chi connectivity index (χ1v) is 8.72. The van der Waals surface area contributed by atoms with Crippen molar-refractivity contribution in [3.8, 4) is 0 Å². The SMILES string of the molecule is CC(CN1CC(C)(C)C1)N1C(=O)N(c2cccc(Cl)c2)CC1C. The third kappa shape index (κ3) is 3.33. The van der Waals surface area contributed by atoms with Crippen LogP contribution in [0.15, 0.2) is 24.3 Å². The largest absolute Gasteiger partial charge is 0.325 e. The van der Waals surface area contributed by atoms with E-state index in [-0.39, 0.29) is 18.1 Å². The lowest BCUT2D eigenvalue weighted by molar-refractivity contribution is 0.0132. The van der Waals surface area contributed by atoms with Crippen molar-refractivity contribution < 1.29 is 4.79 Å². The van der Waals surface area contributed by atoms with E-state index in [0.29, 0.717) is 10.4 Å². The van der Waals surface area contributed by atoms with Crippen LogP contribution in [0.2, 0.25) is 5.02 Å². The molecule has 2 heterocycles. The molecule has 2 amide bonds. The van der Waals surface area contributed by atoms with E-state index in [4.69, 9.17) is 11.6 Å². The van der Waals surface area contributed by atoms with Crippen molar-refractivity contribution in [1.29, 1.82) is 0 Å². The summed E-state index contributed by atoms with van der Waals surface area (Å²) in [6.45, 7) is 12.8. The molecule has 3 rings (SSSR count). The lowest BCUT2D eigenvalue weighted by Crippen LogP contribution is -2.57. The highest BCUT2D eigenvalue weighted by Crippen LogP contribution is 2.31. The Bertz CT molecular complexity index is 596. The Morgan fingerprint density at radius 1 is 1.35 bits per heavy atom. The lowest BCUT2D eigenvalue weighted by Gasteiger charge is -2.47. The summed E-state index contributed by atoms with van der Waals surface area (Å²) in [6, 6.07) is 8.06. The maximum absolute atomic E-state index is 12.9. The summed E-state index contributed by atoms with van der Waals surface area (Å²) in [5.41, 5.74) is 1.31. The molecule has 5 heteroatoms. The van der Waals surface area contributed by atoms with Crippen LogP contribution >= 0.6 is 11.6 Å². The van der Waals surface area contributed by atoms with Crippen molar-refractivity contribution in [2.24, 2.45) is 5.41 Å². The maximum Gasteiger partial charge on any atom is 0.325 e. The number of nitrogens with zero attached hydrogens (tertiary/aromatic N) is 3. The van der Waals surface area contributed by atoms with Crippen molar-refractivity contribution in [3.05, 3.63) is 29.3 Å². The fourth-order valence-corrected chi connectivity index (χ4v) is 4.18. The Balaban J connectivity index is 1.67. The van der Waals surface area contributed by atoms with Crippen LogP contribution < -0.4 is 4.90 Å². The fraction of sp³-hybridized carbons (Fsp3) is 0.611. The highest BCUT2D eigenvalue weighted by molar-refractivity contribution is 6.30. The third-order valence-electron chi connectivity index (χ3n) is 4.79.